The van der Waals surface area contributed by atoms with Gasteiger partial charge in [0.2, 0.25) is 5.95 Å². The third-order valence-electron chi connectivity index (χ3n) is 3.40. The van der Waals surface area contributed by atoms with Crippen molar-refractivity contribution in [3.63, 3.8) is 0 Å². The van der Waals surface area contributed by atoms with Crippen LogP contribution in [0.25, 0.3) is 0 Å². The summed E-state index contributed by atoms with van der Waals surface area (Å²) in [5.74, 6) is 0.587. The van der Waals surface area contributed by atoms with Gasteiger partial charge in [0, 0.05) is 17.4 Å². The van der Waals surface area contributed by atoms with Gasteiger partial charge in [0.15, 0.2) is 5.11 Å². The fourth-order valence-electron chi connectivity index (χ4n) is 2.53. The number of thiocarbonyl (C=S) groups is 1. The minimum absolute atomic E-state index is 0.494. The van der Waals surface area contributed by atoms with Crippen LogP contribution in [0, 0.1) is 13.8 Å². The Bertz CT molecular complexity index is 419. The molecule has 1 aromatic rings. The molecule has 1 heterocycles. The number of aryl methyl sites for hydroxylation is 2. The summed E-state index contributed by atoms with van der Waals surface area (Å²) in [7, 11) is 0. The highest BCUT2D eigenvalue weighted by molar-refractivity contribution is 7.80. The lowest BCUT2D eigenvalue weighted by Gasteiger charge is -2.18. The van der Waals surface area contributed by atoms with E-state index in [1.54, 1.807) is 0 Å². The van der Waals surface area contributed by atoms with Crippen LogP contribution in [0.4, 0.5) is 5.95 Å². The Morgan fingerprint density at radius 3 is 2.26 bits per heavy atom. The van der Waals surface area contributed by atoms with Gasteiger partial charge >= 0.3 is 0 Å². The second kappa shape index (κ2) is 6.80. The van der Waals surface area contributed by atoms with Gasteiger partial charge in [-0.05, 0) is 45.0 Å². The van der Waals surface area contributed by atoms with E-state index in [9.17, 15) is 0 Å². The molecular formula is C14H22N4S. The molecule has 2 N–H and O–H groups in total. The maximum absolute atomic E-state index is 5.35. The monoisotopic (exact) mass is 278 g/mol. The van der Waals surface area contributed by atoms with Gasteiger partial charge in [-0.25, -0.2) is 9.97 Å². The Balaban J connectivity index is 1.89. The predicted octanol–water partition coefficient (Wildman–Crippen LogP) is 3.10. The van der Waals surface area contributed by atoms with Gasteiger partial charge in [-0.2, -0.15) is 0 Å². The third-order valence-corrected chi connectivity index (χ3v) is 3.62. The van der Waals surface area contributed by atoms with Crippen LogP contribution in [0.2, 0.25) is 0 Å². The van der Waals surface area contributed by atoms with E-state index < -0.39 is 0 Å². The molecule has 0 spiro atoms. The molecule has 0 radical (unpaired) electrons. The van der Waals surface area contributed by atoms with E-state index >= 15 is 0 Å². The first-order chi connectivity index (χ1) is 9.13. The molecule has 104 valence electrons. The molecule has 0 aliphatic heterocycles. The lowest BCUT2D eigenvalue weighted by Crippen LogP contribution is -2.37. The van der Waals surface area contributed by atoms with E-state index in [1.807, 2.05) is 19.9 Å². The van der Waals surface area contributed by atoms with Crippen molar-refractivity contribution < 1.29 is 0 Å². The average molecular weight is 278 g/mol. The van der Waals surface area contributed by atoms with Crippen LogP contribution in [-0.4, -0.2) is 21.1 Å². The summed E-state index contributed by atoms with van der Waals surface area (Å²) >= 11 is 5.35. The molecule has 2 rings (SSSR count). The molecule has 1 fully saturated rings. The predicted molar refractivity (Wildman–Crippen MR) is 82.4 cm³/mol. The molecule has 1 aromatic heterocycles. The van der Waals surface area contributed by atoms with E-state index in [0.29, 0.717) is 17.1 Å². The number of anilines is 1. The van der Waals surface area contributed by atoms with Crippen molar-refractivity contribution in [3.05, 3.63) is 17.5 Å². The maximum atomic E-state index is 5.35. The van der Waals surface area contributed by atoms with Crippen LogP contribution in [0.15, 0.2) is 6.07 Å². The normalized spacial score (nSPS) is 16.7. The van der Waals surface area contributed by atoms with Crippen molar-refractivity contribution in [2.45, 2.75) is 58.4 Å². The highest BCUT2D eigenvalue weighted by Gasteiger charge is 2.13. The molecule has 1 aliphatic carbocycles. The zero-order chi connectivity index (χ0) is 13.7. The molecule has 0 aromatic carbocycles. The van der Waals surface area contributed by atoms with E-state index in [2.05, 4.69) is 20.6 Å². The Hall–Kier alpha value is -1.23. The van der Waals surface area contributed by atoms with Crippen molar-refractivity contribution >= 4 is 23.3 Å². The zero-order valence-electron chi connectivity index (χ0n) is 11.7. The molecular weight excluding hydrogens is 256 g/mol. The van der Waals surface area contributed by atoms with Crippen LogP contribution < -0.4 is 10.6 Å². The van der Waals surface area contributed by atoms with Crippen LogP contribution >= 0.6 is 12.2 Å². The fourth-order valence-corrected chi connectivity index (χ4v) is 2.79. The molecule has 1 aliphatic rings. The van der Waals surface area contributed by atoms with Gasteiger partial charge in [0.25, 0.3) is 0 Å². The number of nitrogens with zero attached hydrogens (tertiary/aromatic N) is 2. The molecule has 5 heteroatoms. The Morgan fingerprint density at radius 1 is 1.11 bits per heavy atom. The minimum Gasteiger partial charge on any atom is -0.360 e. The SMILES string of the molecule is Cc1cc(C)nc(NC(=S)NC2CCCCCC2)n1. The number of aromatic nitrogens is 2. The first-order valence-electron chi connectivity index (χ1n) is 7.03. The highest BCUT2D eigenvalue weighted by atomic mass is 32.1. The lowest BCUT2D eigenvalue weighted by molar-refractivity contribution is 0.535. The molecule has 0 atom stereocenters. The Kier molecular flexibility index (Phi) is 5.07. The maximum Gasteiger partial charge on any atom is 0.229 e. The second-order valence-corrected chi connectivity index (χ2v) is 5.67. The molecule has 0 bridgehead atoms. The molecule has 1 saturated carbocycles. The molecule has 4 nitrogen and oxygen atoms in total. The van der Waals surface area contributed by atoms with Crippen LogP contribution in [0.3, 0.4) is 0 Å². The summed E-state index contributed by atoms with van der Waals surface area (Å²) in [6, 6.07) is 2.45. The second-order valence-electron chi connectivity index (χ2n) is 5.26. The van der Waals surface area contributed by atoms with Gasteiger partial charge < -0.3 is 10.6 Å². The number of rotatable bonds is 2. The molecule has 0 unspecified atom stereocenters. The van der Waals surface area contributed by atoms with Crippen molar-refractivity contribution in [1.82, 2.24) is 15.3 Å². The smallest absolute Gasteiger partial charge is 0.229 e. The van der Waals surface area contributed by atoms with Crippen LogP contribution in [0.5, 0.6) is 0 Å². The minimum atomic E-state index is 0.494. The summed E-state index contributed by atoms with van der Waals surface area (Å²) in [5, 5.41) is 7.11. The number of hydrogen-bond acceptors (Lipinski definition) is 3. The van der Waals surface area contributed by atoms with E-state index in [-0.39, 0.29) is 0 Å². The summed E-state index contributed by atoms with van der Waals surface area (Å²) in [6.45, 7) is 3.92. The average Bonchev–Trinajstić information content (AvgIpc) is 2.55. The van der Waals surface area contributed by atoms with Crippen molar-refractivity contribution in [2.24, 2.45) is 0 Å². The molecule has 0 amide bonds. The lowest BCUT2D eigenvalue weighted by atomic mass is 10.1. The fraction of sp³-hybridized carbons (Fsp3) is 0.643. The zero-order valence-corrected chi connectivity index (χ0v) is 12.5. The first kappa shape index (κ1) is 14.2. The van der Waals surface area contributed by atoms with Crippen molar-refractivity contribution in [3.8, 4) is 0 Å². The van der Waals surface area contributed by atoms with Gasteiger partial charge in [-0.1, -0.05) is 25.7 Å². The summed E-state index contributed by atoms with van der Waals surface area (Å²) in [4.78, 5) is 8.67. The van der Waals surface area contributed by atoms with Gasteiger partial charge in [-0.15, -0.1) is 0 Å². The number of hydrogen-bond donors (Lipinski definition) is 2. The number of nitrogens with one attached hydrogen (secondary N) is 2. The standard InChI is InChI=1S/C14H22N4S/c1-10-9-11(2)16-13(15-10)18-14(19)17-12-7-5-3-4-6-8-12/h9,12H,3-8H2,1-2H3,(H2,15,16,17,18,19). The van der Waals surface area contributed by atoms with Gasteiger partial charge in [0.1, 0.15) is 0 Å². The summed E-state index contributed by atoms with van der Waals surface area (Å²) in [5.41, 5.74) is 1.90. The molecule has 19 heavy (non-hydrogen) atoms. The molecule has 0 saturated heterocycles. The first-order valence-corrected chi connectivity index (χ1v) is 7.44. The highest BCUT2D eigenvalue weighted by Crippen LogP contribution is 2.17. The summed E-state index contributed by atoms with van der Waals surface area (Å²) < 4.78 is 0. The van der Waals surface area contributed by atoms with Crippen molar-refractivity contribution in [1.29, 1.82) is 0 Å². The largest absolute Gasteiger partial charge is 0.360 e. The topological polar surface area (TPSA) is 49.8 Å². The Morgan fingerprint density at radius 2 is 1.68 bits per heavy atom. The Labute approximate surface area is 120 Å². The summed E-state index contributed by atoms with van der Waals surface area (Å²) in [6.07, 6.45) is 7.68. The quantitative estimate of drug-likeness (QED) is 0.643. The van der Waals surface area contributed by atoms with Gasteiger partial charge in [0.05, 0.1) is 0 Å². The van der Waals surface area contributed by atoms with Crippen LogP contribution in [-0.2, 0) is 0 Å². The van der Waals surface area contributed by atoms with Crippen LogP contribution in [0.1, 0.15) is 49.9 Å². The van der Waals surface area contributed by atoms with Gasteiger partial charge in [-0.3, -0.25) is 0 Å². The van der Waals surface area contributed by atoms with E-state index in [1.165, 1.54) is 38.5 Å². The third kappa shape index (κ3) is 4.74. The van der Waals surface area contributed by atoms with E-state index in [0.717, 1.165) is 11.4 Å². The van der Waals surface area contributed by atoms with E-state index in [4.69, 9.17) is 12.2 Å². The van der Waals surface area contributed by atoms with Crippen molar-refractivity contribution in [2.75, 3.05) is 5.32 Å².